The van der Waals surface area contributed by atoms with Crippen LogP contribution in [0.25, 0.3) is 0 Å². The molecule has 0 bridgehead atoms. The summed E-state index contributed by atoms with van der Waals surface area (Å²) in [5.41, 5.74) is 6.14. The van der Waals surface area contributed by atoms with E-state index in [1.165, 1.54) is 44.9 Å². The van der Waals surface area contributed by atoms with Crippen molar-refractivity contribution in [2.24, 2.45) is 52.1 Å². The molecule has 0 aromatic rings. The molecule has 0 radical (unpaired) electrons. The van der Waals surface area contributed by atoms with Crippen LogP contribution >= 0.6 is 0 Å². The zero-order chi connectivity index (χ0) is 31.3. The Morgan fingerprint density at radius 3 is 2.37 bits per heavy atom. The number of rotatable bonds is 17. The molecule has 0 heterocycles. The molecule has 6 unspecified atom stereocenters. The van der Waals surface area contributed by atoms with E-state index in [0.717, 1.165) is 64.7 Å². The minimum atomic E-state index is -4.43. The second-order valence-corrected chi connectivity index (χ2v) is 16.6. The van der Waals surface area contributed by atoms with Gasteiger partial charge in [0, 0.05) is 6.04 Å². The van der Waals surface area contributed by atoms with Gasteiger partial charge in [-0.15, -0.1) is 0 Å². The van der Waals surface area contributed by atoms with Crippen molar-refractivity contribution in [2.45, 2.75) is 142 Å². The van der Waals surface area contributed by atoms with Crippen LogP contribution in [-0.4, -0.2) is 62.5 Å². The summed E-state index contributed by atoms with van der Waals surface area (Å²) < 4.78 is 37.0. The molecule has 0 saturated heterocycles. The van der Waals surface area contributed by atoms with Crippen LogP contribution in [0.4, 0.5) is 0 Å². The molecular formula is C34H65N3O5S. The summed E-state index contributed by atoms with van der Waals surface area (Å²) in [6.07, 6.45) is 15.3. The Labute approximate surface area is 263 Å². The fourth-order valence-corrected chi connectivity index (χ4v) is 11.3. The smallest absolute Gasteiger partial charge is 0.393 e. The van der Waals surface area contributed by atoms with E-state index in [2.05, 4.69) is 31.4 Å². The number of nitrogens with one attached hydrogen (secondary N) is 2. The molecular weight excluding hydrogens is 562 g/mol. The van der Waals surface area contributed by atoms with Gasteiger partial charge in [0.15, 0.2) is 0 Å². The molecule has 6 N–H and O–H groups in total. The van der Waals surface area contributed by atoms with Crippen molar-refractivity contribution in [2.75, 3.05) is 26.2 Å². The Balaban J connectivity index is 1.31. The summed E-state index contributed by atoms with van der Waals surface area (Å²) in [6, 6.07) is 0.575. The monoisotopic (exact) mass is 627 g/mol. The minimum absolute atomic E-state index is 0.199. The van der Waals surface area contributed by atoms with Gasteiger partial charge in [0.25, 0.3) is 0 Å². The molecule has 4 saturated carbocycles. The molecule has 4 aliphatic rings. The van der Waals surface area contributed by atoms with Crippen LogP contribution in [0.5, 0.6) is 0 Å². The molecule has 43 heavy (non-hydrogen) atoms. The first-order valence-electron chi connectivity index (χ1n) is 17.9. The highest BCUT2D eigenvalue weighted by molar-refractivity contribution is 7.80. The second kappa shape index (κ2) is 15.5. The van der Waals surface area contributed by atoms with E-state index >= 15 is 0 Å². The van der Waals surface area contributed by atoms with Gasteiger partial charge < -0.3 is 21.5 Å². The SMILES string of the molecule is CCC[C@@H](CCC(C)C1CCC2[C@@H]3C(O)CC4C[C@@H](NCCCNCCCCN)CC[C@]4(C)C3CC[C@]12C)OS(=O)(=O)O. The van der Waals surface area contributed by atoms with Gasteiger partial charge in [-0.1, -0.05) is 34.1 Å². The molecule has 11 atom stereocenters. The Bertz CT molecular complexity index is 968. The van der Waals surface area contributed by atoms with Gasteiger partial charge in [0.1, 0.15) is 0 Å². The quantitative estimate of drug-likeness (QED) is 0.103. The maximum Gasteiger partial charge on any atom is 0.397 e. The topological polar surface area (TPSA) is 134 Å². The van der Waals surface area contributed by atoms with Gasteiger partial charge >= 0.3 is 10.4 Å². The van der Waals surface area contributed by atoms with E-state index in [4.69, 9.17) is 9.92 Å². The lowest BCUT2D eigenvalue weighted by atomic mass is 9.43. The molecule has 0 amide bonds. The lowest BCUT2D eigenvalue weighted by Crippen LogP contribution is -2.59. The average molecular weight is 628 g/mol. The predicted octanol–water partition coefficient (Wildman–Crippen LogP) is 5.70. The number of aliphatic hydroxyl groups is 1. The second-order valence-electron chi connectivity index (χ2n) is 15.5. The Morgan fingerprint density at radius 2 is 1.65 bits per heavy atom. The fraction of sp³-hybridized carbons (Fsp3) is 1.00. The highest BCUT2D eigenvalue weighted by atomic mass is 32.3. The molecule has 9 heteroatoms. The van der Waals surface area contributed by atoms with Crippen LogP contribution in [0, 0.1) is 46.3 Å². The van der Waals surface area contributed by atoms with Crippen LogP contribution in [-0.2, 0) is 14.6 Å². The number of nitrogens with two attached hydrogens (primary N) is 1. The van der Waals surface area contributed by atoms with E-state index in [0.29, 0.717) is 59.8 Å². The van der Waals surface area contributed by atoms with Gasteiger partial charge in [0.05, 0.1) is 12.2 Å². The maximum atomic E-state index is 11.8. The van der Waals surface area contributed by atoms with Crippen molar-refractivity contribution in [1.82, 2.24) is 10.6 Å². The highest BCUT2D eigenvalue weighted by Gasteiger charge is 2.62. The highest BCUT2D eigenvalue weighted by Crippen LogP contribution is 2.68. The molecule has 0 aromatic carbocycles. The molecule has 8 nitrogen and oxygen atoms in total. The minimum Gasteiger partial charge on any atom is -0.393 e. The van der Waals surface area contributed by atoms with Crippen LogP contribution in [0.1, 0.15) is 124 Å². The average Bonchev–Trinajstić information content (AvgIpc) is 3.30. The zero-order valence-electron chi connectivity index (χ0n) is 27.7. The van der Waals surface area contributed by atoms with Crippen molar-refractivity contribution >= 4 is 10.4 Å². The summed E-state index contributed by atoms with van der Waals surface area (Å²) in [4.78, 5) is 0. The number of hydrogen-bond acceptors (Lipinski definition) is 7. The van der Waals surface area contributed by atoms with Crippen LogP contribution in [0.2, 0.25) is 0 Å². The Hall–Kier alpha value is -0.290. The summed E-state index contributed by atoms with van der Waals surface area (Å²) in [6.45, 7) is 13.4. The van der Waals surface area contributed by atoms with Gasteiger partial charge in [-0.05, 0) is 162 Å². The molecule has 0 aliphatic heterocycles. The zero-order valence-corrected chi connectivity index (χ0v) is 28.6. The largest absolute Gasteiger partial charge is 0.397 e. The number of hydrogen-bond donors (Lipinski definition) is 5. The van der Waals surface area contributed by atoms with Gasteiger partial charge in [-0.25, -0.2) is 4.18 Å². The molecule has 4 rings (SSSR count). The summed E-state index contributed by atoms with van der Waals surface area (Å²) >= 11 is 0. The summed E-state index contributed by atoms with van der Waals surface area (Å²) in [5, 5.41) is 19.2. The third-order valence-electron chi connectivity index (χ3n) is 13.0. The lowest BCUT2D eigenvalue weighted by Gasteiger charge is -2.62. The first-order chi connectivity index (χ1) is 20.4. The Kier molecular flexibility index (Phi) is 12.8. The van der Waals surface area contributed by atoms with Crippen LogP contribution in [0.3, 0.4) is 0 Å². The summed E-state index contributed by atoms with van der Waals surface area (Å²) in [5.74, 6) is 3.23. The first kappa shape index (κ1) is 35.6. The number of fused-ring (bicyclic) bond motifs is 5. The van der Waals surface area contributed by atoms with Gasteiger partial charge in [-0.2, -0.15) is 8.42 Å². The van der Waals surface area contributed by atoms with E-state index < -0.39 is 16.5 Å². The number of unbranched alkanes of at least 4 members (excludes halogenated alkanes) is 1. The Morgan fingerprint density at radius 1 is 0.930 bits per heavy atom. The first-order valence-corrected chi connectivity index (χ1v) is 19.3. The van der Waals surface area contributed by atoms with Crippen molar-refractivity contribution < 1.29 is 22.3 Å². The fourth-order valence-electron chi connectivity index (χ4n) is 10.8. The third-order valence-corrected chi connectivity index (χ3v) is 13.5. The van der Waals surface area contributed by atoms with Gasteiger partial charge in [-0.3, -0.25) is 4.55 Å². The van der Waals surface area contributed by atoms with Crippen LogP contribution < -0.4 is 16.4 Å². The lowest BCUT2D eigenvalue weighted by molar-refractivity contribution is -0.167. The van der Waals surface area contributed by atoms with E-state index in [1.807, 2.05) is 6.92 Å². The molecule has 0 aromatic heterocycles. The van der Waals surface area contributed by atoms with E-state index in [9.17, 15) is 18.1 Å². The maximum absolute atomic E-state index is 11.8. The predicted molar refractivity (Wildman–Crippen MR) is 174 cm³/mol. The van der Waals surface area contributed by atoms with Gasteiger partial charge in [0.2, 0.25) is 0 Å². The van der Waals surface area contributed by atoms with Crippen LogP contribution in [0.15, 0.2) is 0 Å². The molecule has 4 fully saturated rings. The van der Waals surface area contributed by atoms with Crippen molar-refractivity contribution in [3.05, 3.63) is 0 Å². The molecule has 0 spiro atoms. The standard InChI is InChI=1S/C34H65N3O5S/c1-5-9-27(42-43(39,40)41)11-10-24(2)28-12-13-29-32-30(15-17-34(28,29)4)33(3)16-14-26(22-25(33)23-31(32)38)37-21-8-20-36-19-7-6-18-35/h24-32,36-38H,5-23,35H2,1-4H3,(H,39,40,41)/t24?,25?,26-,27-,28?,29?,30?,31?,32-,33-,34+/m0/s1. The van der Waals surface area contributed by atoms with Crippen molar-refractivity contribution in [3.63, 3.8) is 0 Å². The normalized spacial score (nSPS) is 39.1. The number of aliphatic hydroxyl groups excluding tert-OH is 1. The third kappa shape index (κ3) is 8.55. The van der Waals surface area contributed by atoms with E-state index in [-0.39, 0.29) is 11.5 Å². The summed E-state index contributed by atoms with van der Waals surface area (Å²) in [7, 11) is -4.43. The molecule has 4 aliphatic carbocycles. The van der Waals surface area contributed by atoms with E-state index in [1.54, 1.807) is 0 Å². The van der Waals surface area contributed by atoms with Crippen molar-refractivity contribution in [3.8, 4) is 0 Å². The van der Waals surface area contributed by atoms with Crippen molar-refractivity contribution in [1.29, 1.82) is 0 Å². The molecule has 252 valence electrons.